The highest BCUT2D eigenvalue weighted by Crippen LogP contribution is 2.17. The summed E-state index contributed by atoms with van der Waals surface area (Å²) in [6.07, 6.45) is 0. The van der Waals surface area contributed by atoms with Crippen LogP contribution in [0.1, 0.15) is 20.8 Å². The average Bonchev–Trinajstić information content (AvgIpc) is 2.28. The van der Waals surface area contributed by atoms with Gasteiger partial charge in [-0.1, -0.05) is 13.8 Å². The second-order valence-corrected chi connectivity index (χ2v) is 4.93. The Morgan fingerprint density at radius 1 is 1.64 bits per heavy atom. The van der Waals surface area contributed by atoms with Gasteiger partial charge in [-0.05, 0) is 19.4 Å². The SMILES string of the molecule is CNCC(C)(C)CN1CC(C)NC1=O. The first-order valence-corrected chi connectivity index (χ1v) is 5.15. The van der Waals surface area contributed by atoms with E-state index in [1.165, 1.54) is 0 Å². The molecule has 0 spiro atoms. The smallest absolute Gasteiger partial charge is 0.317 e. The molecule has 1 aliphatic rings. The Morgan fingerprint density at radius 3 is 2.71 bits per heavy atom. The minimum absolute atomic E-state index is 0.0710. The molecule has 0 aromatic carbocycles. The van der Waals surface area contributed by atoms with Crippen LogP contribution in [0.2, 0.25) is 0 Å². The predicted octanol–water partition coefficient (Wildman–Crippen LogP) is 0.646. The number of rotatable bonds is 4. The van der Waals surface area contributed by atoms with Crippen molar-refractivity contribution in [2.24, 2.45) is 5.41 Å². The molecule has 0 aliphatic carbocycles. The lowest BCUT2D eigenvalue weighted by atomic mass is 9.93. The maximum atomic E-state index is 11.5. The molecule has 4 nitrogen and oxygen atoms in total. The van der Waals surface area contributed by atoms with E-state index in [9.17, 15) is 4.79 Å². The Bertz CT molecular complexity index is 215. The second kappa shape index (κ2) is 4.17. The summed E-state index contributed by atoms with van der Waals surface area (Å²) in [6, 6.07) is 0.356. The molecule has 1 atom stereocenters. The van der Waals surface area contributed by atoms with Crippen molar-refractivity contribution < 1.29 is 4.79 Å². The monoisotopic (exact) mass is 199 g/mol. The first kappa shape index (κ1) is 11.3. The Kier molecular flexibility index (Phi) is 3.37. The number of amides is 2. The molecule has 14 heavy (non-hydrogen) atoms. The van der Waals surface area contributed by atoms with Crippen LogP contribution in [0.3, 0.4) is 0 Å². The molecular formula is C10H21N3O. The van der Waals surface area contributed by atoms with E-state index in [2.05, 4.69) is 24.5 Å². The molecule has 0 aromatic heterocycles. The van der Waals surface area contributed by atoms with E-state index in [1.54, 1.807) is 0 Å². The molecule has 1 heterocycles. The van der Waals surface area contributed by atoms with Gasteiger partial charge in [0.25, 0.3) is 0 Å². The maximum absolute atomic E-state index is 11.5. The van der Waals surface area contributed by atoms with Crippen LogP contribution in [0.25, 0.3) is 0 Å². The van der Waals surface area contributed by atoms with Gasteiger partial charge in [-0.3, -0.25) is 0 Å². The largest absolute Gasteiger partial charge is 0.334 e. The van der Waals surface area contributed by atoms with Crippen LogP contribution in [0.4, 0.5) is 4.79 Å². The van der Waals surface area contributed by atoms with Crippen LogP contribution in [-0.4, -0.2) is 43.7 Å². The summed E-state index contributed by atoms with van der Waals surface area (Å²) < 4.78 is 0. The number of nitrogens with one attached hydrogen (secondary N) is 2. The number of urea groups is 1. The molecule has 1 fully saturated rings. The van der Waals surface area contributed by atoms with Gasteiger partial charge in [-0.15, -0.1) is 0 Å². The highest BCUT2D eigenvalue weighted by Gasteiger charge is 2.30. The molecule has 0 bridgehead atoms. The Balaban J connectivity index is 2.47. The van der Waals surface area contributed by atoms with Crippen molar-refractivity contribution >= 4 is 6.03 Å². The molecule has 2 amide bonds. The molecule has 1 rings (SSSR count). The quantitative estimate of drug-likeness (QED) is 0.698. The van der Waals surface area contributed by atoms with Gasteiger partial charge in [0.05, 0.1) is 0 Å². The zero-order valence-electron chi connectivity index (χ0n) is 9.55. The van der Waals surface area contributed by atoms with Gasteiger partial charge >= 0.3 is 6.03 Å². The minimum atomic E-state index is 0.0710. The van der Waals surface area contributed by atoms with Crippen LogP contribution in [-0.2, 0) is 0 Å². The Labute approximate surface area is 86.0 Å². The highest BCUT2D eigenvalue weighted by molar-refractivity contribution is 5.76. The van der Waals surface area contributed by atoms with Gasteiger partial charge in [-0.2, -0.15) is 0 Å². The normalized spacial score (nSPS) is 22.7. The molecule has 2 N–H and O–H groups in total. The van der Waals surface area contributed by atoms with Crippen LogP contribution in [0.15, 0.2) is 0 Å². The summed E-state index contributed by atoms with van der Waals surface area (Å²) in [5, 5.41) is 6.05. The van der Waals surface area contributed by atoms with Gasteiger partial charge in [0.2, 0.25) is 0 Å². The lowest BCUT2D eigenvalue weighted by Crippen LogP contribution is -2.41. The zero-order chi connectivity index (χ0) is 10.8. The molecular weight excluding hydrogens is 178 g/mol. The molecule has 1 saturated heterocycles. The van der Waals surface area contributed by atoms with Gasteiger partial charge in [-0.25, -0.2) is 4.79 Å². The maximum Gasteiger partial charge on any atom is 0.317 e. The van der Waals surface area contributed by atoms with Crippen LogP contribution < -0.4 is 10.6 Å². The second-order valence-electron chi connectivity index (χ2n) is 4.93. The number of carbonyl (C=O) groups is 1. The predicted molar refractivity (Wildman–Crippen MR) is 57.3 cm³/mol. The number of nitrogens with zero attached hydrogens (tertiary/aromatic N) is 1. The molecule has 0 aromatic rings. The van der Waals surface area contributed by atoms with Crippen LogP contribution >= 0.6 is 0 Å². The van der Waals surface area contributed by atoms with Gasteiger partial charge < -0.3 is 15.5 Å². The fourth-order valence-electron chi connectivity index (χ4n) is 1.95. The van der Waals surface area contributed by atoms with E-state index in [1.807, 2.05) is 18.9 Å². The average molecular weight is 199 g/mol. The first-order chi connectivity index (χ1) is 6.44. The van der Waals surface area contributed by atoms with Crippen molar-refractivity contribution in [2.45, 2.75) is 26.8 Å². The zero-order valence-corrected chi connectivity index (χ0v) is 9.55. The van der Waals surface area contributed by atoms with Crippen molar-refractivity contribution in [3.05, 3.63) is 0 Å². The number of hydrogen-bond donors (Lipinski definition) is 2. The van der Waals surface area contributed by atoms with Gasteiger partial charge in [0.1, 0.15) is 0 Å². The third-order valence-electron chi connectivity index (χ3n) is 2.43. The van der Waals surface area contributed by atoms with Crippen molar-refractivity contribution in [1.82, 2.24) is 15.5 Å². The van der Waals surface area contributed by atoms with Crippen molar-refractivity contribution in [2.75, 3.05) is 26.7 Å². The van der Waals surface area contributed by atoms with E-state index in [-0.39, 0.29) is 17.5 Å². The van der Waals surface area contributed by atoms with E-state index in [0.29, 0.717) is 0 Å². The summed E-state index contributed by atoms with van der Waals surface area (Å²) in [5.74, 6) is 0. The van der Waals surface area contributed by atoms with Crippen molar-refractivity contribution in [1.29, 1.82) is 0 Å². The summed E-state index contributed by atoms with van der Waals surface area (Å²) in [7, 11) is 1.94. The summed E-state index contributed by atoms with van der Waals surface area (Å²) in [6.45, 7) is 8.92. The van der Waals surface area contributed by atoms with Gasteiger partial charge in [0.15, 0.2) is 0 Å². The Hall–Kier alpha value is -0.770. The van der Waals surface area contributed by atoms with E-state index >= 15 is 0 Å². The summed E-state index contributed by atoms with van der Waals surface area (Å²) >= 11 is 0. The van der Waals surface area contributed by atoms with Crippen LogP contribution in [0.5, 0.6) is 0 Å². The fraction of sp³-hybridized carbons (Fsp3) is 0.900. The van der Waals surface area contributed by atoms with E-state index in [4.69, 9.17) is 0 Å². The molecule has 0 radical (unpaired) electrons. The van der Waals surface area contributed by atoms with E-state index < -0.39 is 0 Å². The third kappa shape index (κ3) is 2.87. The van der Waals surface area contributed by atoms with Crippen LogP contribution in [0, 0.1) is 5.41 Å². The fourth-order valence-corrected chi connectivity index (χ4v) is 1.95. The van der Waals surface area contributed by atoms with Gasteiger partial charge in [0, 0.05) is 25.7 Å². The number of hydrogen-bond acceptors (Lipinski definition) is 2. The minimum Gasteiger partial charge on any atom is -0.334 e. The first-order valence-electron chi connectivity index (χ1n) is 5.15. The molecule has 82 valence electrons. The van der Waals surface area contributed by atoms with Crippen molar-refractivity contribution in [3.8, 4) is 0 Å². The molecule has 1 unspecified atom stereocenters. The molecule has 0 saturated carbocycles. The van der Waals surface area contributed by atoms with E-state index in [0.717, 1.165) is 19.6 Å². The summed E-state index contributed by atoms with van der Waals surface area (Å²) in [5.41, 5.74) is 0.135. The lowest BCUT2D eigenvalue weighted by Gasteiger charge is -2.29. The standard InChI is InChI=1S/C10H21N3O/c1-8-5-13(9(14)12-8)7-10(2,3)6-11-4/h8,11H,5-7H2,1-4H3,(H,12,14). The lowest BCUT2D eigenvalue weighted by molar-refractivity contribution is 0.187. The topological polar surface area (TPSA) is 44.4 Å². The molecule has 4 heteroatoms. The highest BCUT2D eigenvalue weighted by atomic mass is 16.2. The Morgan fingerprint density at radius 2 is 2.29 bits per heavy atom. The van der Waals surface area contributed by atoms with Crippen molar-refractivity contribution in [3.63, 3.8) is 0 Å². The summed E-state index contributed by atoms with van der Waals surface area (Å²) in [4.78, 5) is 13.4. The molecule has 1 aliphatic heterocycles. The number of carbonyl (C=O) groups excluding carboxylic acids is 1. The third-order valence-corrected chi connectivity index (χ3v) is 2.43.